The second kappa shape index (κ2) is 8.43. The van der Waals surface area contributed by atoms with Gasteiger partial charge in [0.15, 0.2) is 0 Å². The summed E-state index contributed by atoms with van der Waals surface area (Å²) in [5.74, 6) is -1.23. The van der Waals surface area contributed by atoms with Crippen LogP contribution in [0.15, 0.2) is 66.1 Å². The lowest BCUT2D eigenvalue weighted by Gasteiger charge is -2.30. The van der Waals surface area contributed by atoms with E-state index in [0.29, 0.717) is 17.7 Å². The number of carbonyl (C=O) groups excluding carboxylic acids is 1. The number of allylic oxidation sites excluding steroid dienone is 1. The molecule has 1 aliphatic carbocycles. The van der Waals surface area contributed by atoms with Gasteiger partial charge < -0.3 is 9.84 Å². The highest BCUT2D eigenvalue weighted by atomic mass is 32.2. The van der Waals surface area contributed by atoms with Crippen molar-refractivity contribution >= 4 is 21.9 Å². The summed E-state index contributed by atoms with van der Waals surface area (Å²) in [6.45, 7) is 9.65. The molecule has 2 N–H and O–H groups in total. The van der Waals surface area contributed by atoms with Crippen molar-refractivity contribution < 1.29 is 27.9 Å². The number of rotatable bonds is 8. The molecule has 3 rings (SSSR count). The highest BCUT2D eigenvalue weighted by Crippen LogP contribution is 2.64. The number of amides is 1. The Morgan fingerprint density at radius 3 is 2.41 bits per heavy atom. The maximum atomic E-state index is 12.9. The van der Waals surface area contributed by atoms with Gasteiger partial charge in [-0.3, -0.25) is 4.79 Å². The zero-order valence-electron chi connectivity index (χ0n) is 18.3. The Balaban J connectivity index is 1.68. The van der Waals surface area contributed by atoms with E-state index in [1.807, 2.05) is 20.8 Å². The van der Waals surface area contributed by atoms with Gasteiger partial charge in [0.1, 0.15) is 12.4 Å². The number of hydrogen-bond donors (Lipinski definition) is 2. The Morgan fingerprint density at radius 2 is 1.88 bits per heavy atom. The number of sulfonamides is 1. The molecule has 8 heteroatoms. The number of hydrogen-bond acceptors (Lipinski definition) is 5. The summed E-state index contributed by atoms with van der Waals surface area (Å²) in [6.07, 6.45) is 2.28. The topological polar surface area (TPSA) is 110 Å². The van der Waals surface area contributed by atoms with Crippen LogP contribution in [0.25, 0.3) is 0 Å². The van der Waals surface area contributed by atoms with Crippen molar-refractivity contribution in [3.05, 3.63) is 72.3 Å². The highest BCUT2D eigenvalue weighted by Gasteiger charge is 2.65. The van der Waals surface area contributed by atoms with Gasteiger partial charge in [-0.2, -0.15) is 0 Å². The Labute approximate surface area is 188 Å². The summed E-state index contributed by atoms with van der Waals surface area (Å²) in [7, 11) is -4.03. The van der Waals surface area contributed by atoms with Gasteiger partial charge in [-0.1, -0.05) is 45.0 Å². The van der Waals surface area contributed by atoms with Crippen molar-refractivity contribution in [3.8, 4) is 5.75 Å². The van der Waals surface area contributed by atoms with Crippen molar-refractivity contribution in [2.75, 3.05) is 0 Å². The van der Waals surface area contributed by atoms with Crippen LogP contribution in [0.1, 0.15) is 43.1 Å². The van der Waals surface area contributed by atoms with Crippen LogP contribution in [0, 0.1) is 16.7 Å². The van der Waals surface area contributed by atoms with E-state index in [0.717, 1.165) is 0 Å². The molecule has 2 atom stereocenters. The van der Waals surface area contributed by atoms with Gasteiger partial charge in [0.25, 0.3) is 10.0 Å². The number of carboxylic acid groups (broad SMARTS) is 1. The molecule has 1 aliphatic rings. The van der Waals surface area contributed by atoms with Crippen LogP contribution in [0.5, 0.6) is 5.75 Å². The SMILES string of the molecule is C=C[C@@H]1C[C@@]1(C(=O)NS(=O)(=O)c1ccc(COc2cccc(C(=O)O)c2)cc1)C(C)(C)C. The van der Waals surface area contributed by atoms with Gasteiger partial charge in [0.05, 0.1) is 15.9 Å². The number of benzene rings is 2. The maximum Gasteiger partial charge on any atom is 0.335 e. The molecule has 2 aromatic rings. The minimum absolute atomic E-state index is 0.0256. The summed E-state index contributed by atoms with van der Waals surface area (Å²) >= 11 is 0. The average Bonchev–Trinajstić information content (AvgIpc) is 3.49. The van der Waals surface area contributed by atoms with Crippen LogP contribution < -0.4 is 9.46 Å². The molecule has 0 aliphatic heterocycles. The van der Waals surface area contributed by atoms with Gasteiger partial charge in [-0.05, 0) is 53.6 Å². The van der Waals surface area contributed by atoms with Gasteiger partial charge in [-0.15, -0.1) is 6.58 Å². The van der Waals surface area contributed by atoms with E-state index >= 15 is 0 Å². The maximum absolute atomic E-state index is 12.9. The van der Waals surface area contributed by atoms with Crippen LogP contribution in [-0.2, 0) is 21.4 Å². The molecule has 1 amide bonds. The van der Waals surface area contributed by atoms with E-state index in [9.17, 15) is 18.0 Å². The zero-order chi connectivity index (χ0) is 23.7. The standard InChI is InChI=1S/C24H27NO6S/c1-5-18-14-24(18,23(2,3)4)22(28)25-32(29,30)20-11-9-16(10-12-20)15-31-19-8-6-7-17(13-19)21(26)27/h5-13,18H,1,14-15H2,2-4H3,(H,25,28)(H,26,27)/t18-,24-/m1/s1. The summed E-state index contributed by atoms with van der Waals surface area (Å²) in [5.41, 5.74) is -0.400. The lowest BCUT2D eigenvalue weighted by Crippen LogP contribution is -2.43. The molecular formula is C24H27NO6S. The third-order valence-electron chi connectivity index (χ3n) is 5.99. The van der Waals surface area contributed by atoms with Gasteiger partial charge >= 0.3 is 5.97 Å². The van der Waals surface area contributed by atoms with E-state index in [2.05, 4.69) is 11.3 Å². The Hall–Kier alpha value is -3.13. The van der Waals surface area contributed by atoms with E-state index < -0.39 is 32.7 Å². The van der Waals surface area contributed by atoms with Crippen molar-refractivity contribution in [1.82, 2.24) is 4.72 Å². The minimum atomic E-state index is -4.03. The smallest absolute Gasteiger partial charge is 0.335 e. The zero-order valence-corrected chi connectivity index (χ0v) is 19.1. The van der Waals surface area contributed by atoms with Crippen molar-refractivity contribution in [3.63, 3.8) is 0 Å². The molecule has 0 heterocycles. The Kier molecular flexibility index (Phi) is 6.20. The first-order chi connectivity index (χ1) is 14.9. The molecule has 0 bridgehead atoms. The van der Waals surface area contributed by atoms with Gasteiger partial charge in [-0.25, -0.2) is 17.9 Å². The van der Waals surface area contributed by atoms with E-state index in [4.69, 9.17) is 9.84 Å². The van der Waals surface area contributed by atoms with Crippen molar-refractivity contribution in [2.24, 2.45) is 16.7 Å². The first-order valence-electron chi connectivity index (χ1n) is 10.2. The van der Waals surface area contributed by atoms with Gasteiger partial charge in [0.2, 0.25) is 5.91 Å². The van der Waals surface area contributed by atoms with Crippen LogP contribution in [-0.4, -0.2) is 25.4 Å². The molecule has 1 saturated carbocycles. The lowest BCUT2D eigenvalue weighted by atomic mass is 9.75. The fourth-order valence-electron chi connectivity index (χ4n) is 3.96. The van der Waals surface area contributed by atoms with E-state index in [1.54, 1.807) is 30.3 Å². The number of ether oxygens (including phenoxy) is 1. The fourth-order valence-corrected chi connectivity index (χ4v) is 5.00. The molecule has 0 saturated heterocycles. The van der Waals surface area contributed by atoms with E-state index in [-0.39, 0.29) is 23.0 Å². The largest absolute Gasteiger partial charge is 0.489 e. The van der Waals surface area contributed by atoms with Crippen molar-refractivity contribution in [1.29, 1.82) is 0 Å². The minimum Gasteiger partial charge on any atom is -0.489 e. The molecule has 1 fully saturated rings. The predicted molar refractivity (Wildman–Crippen MR) is 120 cm³/mol. The normalized spacial score (nSPS) is 20.3. The van der Waals surface area contributed by atoms with Crippen LogP contribution in [0.2, 0.25) is 0 Å². The predicted octanol–water partition coefficient (Wildman–Crippen LogP) is 4.01. The second-order valence-corrected chi connectivity index (χ2v) is 10.7. The summed E-state index contributed by atoms with van der Waals surface area (Å²) < 4.78 is 33.4. The van der Waals surface area contributed by atoms with E-state index in [1.165, 1.54) is 24.3 Å². The van der Waals surface area contributed by atoms with Crippen LogP contribution in [0.4, 0.5) is 0 Å². The van der Waals surface area contributed by atoms with Crippen LogP contribution >= 0.6 is 0 Å². The molecule has 170 valence electrons. The van der Waals surface area contributed by atoms with Crippen molar-refractivity contribution in [2.45, 2.75) is 38.7 Å². The quantitative estimate of drug-likeness (QED) is 0.580. The number of carbonyl (C=O) groups is 2. The monoisotopic (exact) mass is 457 g/mol. The first-order valence-corrected chi connectivity index (χ1v) is 11.6. The number of carboxylic acids is 1. The fraction of sp³-hybridized carbons (Fsp3) is 0.333. The first kappa shape index (κ1) is 23.5. The Morgan fingerprint density at radius 1 is 1.22 bits per heavy atom. The number of aromatic carboxylic acids is 1. The highest BCUT2D eigenvalue weighted by molar-refractivity contribution is 7.90. The summed E-state index contributed by atoms with van der Waals surface area (Å²) in [5, 5.41) is 9.04. The average molecular weight is 458 g/mol. The molecule has 2 aromatic carbocycles. The third kappa shape index (κ3) is 4.55. The molecule has 0 spiro atoms. The Bertz CT molecular complexity index is 1150. The number of nitrogens with one attached hydrogen (secondary N) is 1. The molecule has 0 radical (unpaired) electrons. The summed E-state index contributed by atoms with van der Waals surface area (Å²) in [4.78, 5) is 24.0. The van der Waals surface area contributed by atoms with Gasteiger partial charge in [0, 0.05) is 0 Å². The third-order valence-corrected chi connectivity index (χ3v) is 7.34. The van der Waals surface area contributed by atoms with Crippen LogP contribution in [0.3, 0.4) is 0 Å². The molecule has 32 heavy (non-hydrogen) atoms. The molecule has 0 aromatic heterocycles. The summed E-state index contributed by atoms with van der Waals surface area (Å²) in [6, 6.07) is 12.1. The lowest BCUT2D eigenvalue weighted by molar-refractivity contribution is -0.128. The molecule has 7 nitrogen and oxygen atoms in total. The molecule has 0 unspecified atom stereocenters. The molecular weight excluding hydrogens is 430 g/mol. The second-order valence-electron chi connectivity index (χ2n) is 8.97.